The Balaban J connectivity index is 1.43. The van der Waals surface area contributed by atoms with Crippen molar-refractivity contribution in [2.45, 2.75) is 6.92 Å². The van der Waals surface area contributed by atoms with Crippen molar-refractivity contribution < 1.29 is 23.5 Å². The summed E-state index contributed by atoms with van der Waals surface area (Å²) in [5.41, 5.74) is 3.96. The fraction of sp³-hybridized carbons (Fsp3) is 0.125. The summed E-state index contributed by atoms with van der Waals surface area (Å²) in [6.07, 6.45) is 0. The van der Waals surface area contributed by atoms with Gasteiger partial charge in [0.1, 0.15) is 5.52 Å². The highest BCUT2D eigenvalue weighted by molar-refractivity contribution is 8.12. The zero-order chi connectivity index (χ0) is 23.4. The van der Waals surface area contributed by atoms with Gasteiger partial charge in [0.05, 0.1) is 14.2 Å². The van der Waals surface area contributed by atoms with Gasteiger partial charge in [0.2, 0.25) is 11.0 Å². The van der Waals surface area contributed by atoms with E-state index in [1.807, 2.05) is 43.3 Å². The first-order valence-corrected chi connectivity index (χ1v) is 10.8. The summed E-state index contributed by atoms with van der Waals surface area (Å²) in [5, 5.41) is 2.42. The number of para-hydroxylation sites is 2. The summed E-state index contributed by atoms with van der Waals surface area (Å²) in [4.78, 5) is 29.4. The van der Waals surface area contributed by atoms with Gasteiger partial charge in [-0.25, -0.2) is 9.78 Å². The highest BCUT2D eigenvalue weighted by Gasteiger charge is 2.15. The molecule has 0 fully saturated rings. The minimum atomic E-state index is -0.536. The maximum atomic E-state index is 12.5. The SMILES string of the molecule is COc1ccc(C(=O)SNC(=O)Nc2cc(-c3nc4ccccc4o3)ccc2C)cc1OC. The van der Waals surface area contributed by atoms with Crippen LogP contribution in [0.1, 0.15) is 15.9 Å². The van der Waals surface area contributed by atoms with Crippen LogP contribution in [-0.4, -0.2) is 30.3 Å². The molecule has 0 spiro atoms. The molecule has 1 heterocycles. The number of fused-ring (bicyclic) bond motifs is 1. The molecule has 0 saturated carbocycles. The molecule has 0 aliphatic carbocycles. The fourth-order valence-corrected chi connectivity index (χ4v) is 3.63. The van der Waals surface area contributed by atoms with Crippen molar-refractivity contribution in [1.29, 1.82) is 0 Å². The van der Waals surface area contributed by atoms with E-state index >= 15 is 0 Å². The second kappa shape index (κ2) is 9.66. The van der Waals surface area contributed by atoms with Gasteiger partial charge in [0.25, 0.3) is 0 Å². The third-order valence-corrected chi connectivity index (χ3v) is 5.59. The van der Waals surface area contributed by atoms with Gasteiger partial charge in [-0.3, -0.25) is 9.52 Å². The molecular weight excluding hydrogens is 442 g/mol. The van der Waals surface area contributed by atoms with Crippen LogP contribution in [0.25, 0.3) is 22.6 Å². The number of carbonyl (C=O) groups is 2. The highest BCUT2D eigenvalue weighted by atomic mass is 32.2. The number of anilines is 1. The molecule has 0 atom stereocenters. The summed E-state index contributed by atoms with van der Waals surface area (Å²) in [7, 11) is 3.00. The Labute approximate surface area is 194 Å². The number of ether oxygens (including phenoxy) is 2. The number of aryl methyl sites for hydroxylation is 1. The number of methoxy groups -OCH3 is 2. The number of hydrogen-bond acceptors (Lipinski definition) is 7. The Hall–Kier alpha value is -3.98. The van der Waals surface area contributed by atoms with Crippen molar-refractivity contribution in [1.82, 2.24) is 9.71 Å². The second-order valence-corrected chi connectivity index (χ2v) is 7.81. The highest BCUT2D eigenvalue weighted by Crippen LogP contribution is 2.29. The normalized spacial score (nSPS) is 10.6. The molecular formula is C24H21N3O5S. The quantitative estimate of drug-likeness (QED) is 0.380. The van der Waals surface area contributed by atoms with Gasteiger partial charge in [0, 0.05) is 28.8 Å². The van der Waals surface area contributed by atoms with Gasteiger partial charge in [-0.05, 0) is 55.0 Å². The molecule has 0 radical (unpaired) electrons. The minimum absolute atomic E-state index is 0.344. The van der Waals surface area contributed by atoms with Crippen LogP contribution in [0.5, 0.6) is 11.5 Å². The first-order valence-electron chi connectivity index (χ1n) is 9.95. The average Bonchev–Trinajstić information content (AvgIpc) is 3.27. The zero-order valence-corrected chi connectivity index (χ0v) is 19.0. The molecule has 3 aromatic carbocycles. The average molecular weight is 464 g/mol. The fourth-order valence-electron chi connectivity index (χ4n) is 3.15. The maximum Gasteiger partial charge on any atom is 0.329 e. The van der Waals surface area contributed by atoms with E-state index in [1.165, 1.54) is 14.2 Å². The number of amides is 2. The first-order chi connectivity index (χ1) is 16.0. The molecule has 168 valence electrons. The largest absolute Gasteiger partial charge is 0.493 e. The zero-order valence-electron chi connectivity index (χ0n) is 18.2. The molecule has 0 aliphatic heterocycles. The van der Waals surface area contributed by atoms with Crippen LogP contribution in [0.4, 0.5) is 10.5 Å². The van der Waals surface area contributed by atoms with E-state index < -0.39 is 6.03 Å². The lowest BCUT2D eigenvalue weighted by Crippen LogP contribution is -2.24. The van der Waals surface area contributed by atoms with E-state index in [2.05, 4.69) is 15.0 Å². The van der Waals surface area contributed by atoms with E-state index in [-0.39, 0.29) is 5.12 Å². The Morgan fingerprint density at radius 3 is 2.52 bits per heavy atom. The molecule has 0 unspecified atom stereocenters. The predicted octanol–water partition coefficient (Wildman–Crippen LogP) is 5.43. The molecule has 0 aliphatic rings. The summed E-state index contributed by atoms with van der Waals surface area (Å²) in [6, 6.07) is 17.3. The third-order valence-electron chi connectivity index (χ3n) is 4.88. The molecule has 2 N–H and O–H groups in total. The maximum absolute atomic E-state index is 12.5. The van der Waals surface area contributed by atoms with E-state index in [4.69, 9.17) is 13.9 Å². The second-order valence-electron chi connectivity index (χ2n) is 7.03. The van der Waals surface area contributed by atoms with Crippen molar-refractivity contribution in [2.75, 3.05) is 19.5 Å². The van der Waals surface area contributed by atoms with Gasteiger partial charge in [-0.1, -0.05) is 18.2 Å². The number of urea groups is 1. The van der Waals surface area contributed by atoms with Gasteiger partial charge in [0.15, 0.2) is 17.1 Å². The van der Waals surface area contributed by atoms with E-state index in [9.17, 15) is 9.59 Å². The molecule has 33 heavy (non-hydrogen) atoms. The lowest BCUT2D eigenvalue weighted by Gasteiger charge is -2.11. The van der Waals surface area contributed by atoms with Crippen molar-refractivity contribution >= 4 is 39.9 Å². The Bertz CT molecular complexity index is 1300. The molecule has 1 aromatic heterocycles. The van der Waals surface area contributed by atoms with Crippen LogP contribution < -0.4 is 19.5 Å². The number of hydrogen-bond donors (Lipinski definition) is 2. The number of nitrogens with zero attached hydrogens (tertiary/aromatic N) is 1. The van der Waals surface area contributed by atoms with Crippen LogP contribution in [0.2, 0.25) is 0 Å². The third kappa shape index (κ3) is 4.93. The van der Waals surface area contributed by atoms with Crippen molar-refractivity contribution in [3.05, 3.63) is 71.8 Å². The van der Waals surface area contributed by atoms with Crippen LogP contribution in [0.3, 0.4) is 0 Å². The van der Waals surface area contributed by atoms with Crippen LogP contribution >= 0.6 is 11.9 Å². The van der Waals surface area contributed by atoms with Gasteiger partial charge in [-0.2, -0.15) is 0 Å². The number of nitrogens with one attached hydrogen (secondary N) is 2. The van der Waals surface area contributed by atoms with Crippen LogP contribution in [-0.2, 0) is 0 Å². The van der Waals surface area contributed by atoms with Crippen molar-refractivity contribution in [3.8, 4) is 23.0 Å². The smallest absolute Gasteiger partial charge is 0.329 e. The number of carbonyl (C=O) groups excluding carboxylic acids is 2. The topological polar surface area (TPSA) is 103 Å². The first kappa shape index (κ1) is 22.2. The predicted molar refractivity (Wildman–Crippen MR) is 128 cm³/mol. The molecule has 4 aromatic rings. The molecule has 0 bridgehead atoms. The lowest BCUT2D eigenvalue weighted by molar-refractivity contribution is 0.108. The monoisotopic (exact) mass is 463 g/mol. The molecule has 9 heteroatoms. The van der Waals surface area contributed by atoms with E-state index in [0.717, 1.165) is 16.6 Å². The van der Waals surface area contributed by atoms with Gasteiger partial charge >= 0.3 is 6.03 Å². The summed E-state index contributed by atoms with van der Waals surface area (Å²) >= 11 is 0.671. The summed E-state index contributed by atoms with van der Waals surface area (Å²) < 4.78 is 18.7. The van der Waals surface area contributed by atoms with Crippen LogP contribution in [0.15, 0.2) is 65.1 Å². The summed E-state index contributed by atoms with van der Waals surface area (Å²) in [5.74, 6) is 1.40. The van der Waals surface area contributed by atoms with E-state index in [1.54, 1.807) is 24.3 Å². The van der Waals surface area contributed by atoms with Gasteiger partial charge in [-0.15, -0.1) is 0 Å². The Morgan fingerprint density at radius 2 is 1.76 bits per heavy atom. The Morgan fingerprint density at radius 1 is 0.970 bits per heavy atom. The number of rotatable bonds is 5. The van der Waals surface area contributed by atoms with E-state index in [0.29, 0.717) is 46.2 Å². The van der Waals surface area contributed by atoms with Crippen molar-refractivity contribution in [3.63, 3.8) is 0 Å². The molecule has 4 rings (SSSR count). The van der Waals surface area contributed by atoms with Crippen molar-refractivity contribution in [2.24, 2.45) is 0 Å². The number of aromatic nitrogens is 1. The Kier molecular flexibility index (Phi) is 6.50. The summed E-state index contributed by atoms with van der Waals surface area (Å²) in [6.45, 7) is 1.87. The molecule has 8 nitrogen and oxygen atoms in total. The lowest BCUT2D eigenvalue weighted by atomic mass is 10.1. The minimum Gasteiger partial charge on any atom is -0.493 e. The number of benzene rings is 3. The number of oxazole rings is 1. The molecule has 0 saturated heterocycles. The molecule has 2 amide bonds. The standard InChI is InChI=1S/C24H21N3O5S/c1-14-8-9-15(22-25-17-6-4-5-7-19(17)32-22)12-18(14)26-24(29)27-33-23(28)16-10-11-20(30-2)21(13-16)31-3/h4-13H,1-3H3,(H2,26,27,29). The van der Waals surface area contributed by atoms with Gasteiger partial charge < -0.3 is 19.2 Å². The van der Waals surface area contributed by atoms with Crippen LogP contribution in [0, 0.1) is 6.92 Å².